The first kappa shape index (κ1) is 9.20. The van der Waals surface area contributed by atoms with Gasteiger partial charge in [0, 0.05) is 6.04 Å². The Hall–Kier alpha value is -1.05. The Bertz CT molecular complexity index is 363. The summed E-state index contributed by atoms with van der Waals surface area (Å²) in [6.45, 7) is 0. The number of benzene rings is 1. The number of fused-ring (bicyclic) bond motifs is 2. The molecule has 2 aliphatic rings. The van der Waals surface area contributed by atoms with Crippen LogP contribution < -0.4 is 5.32 Å². The smallest absolute Gasteiger partial charge is 0.146 e. The standard InChI is InChI=1S/C13H16FN/c14-11-3-1-2-4-12(11)15-13-8-9-5-6-10(13)7-9/h1-4,9-10,13,15H,5-8H2/t9-,10-,13+/m0/s1. The third kappa shape index (κ3) is 1.62. The zero-order valence-electron chi connectivity index (χ0n) is 8.75. The topological polar surface area (TPSA) is 12.0 Å². The number of hydrogen-bond donors (Lipinski definition) is 1. The van der Waals surface area contributed by atoms with Gasteiger partial charge in [0.2, 0.25) is 0 Å². The predicted octanol–water partition coefficient (Wildman–Crippen LogP) is 3.43. The van der Waals surface area contributed by atoms with Crippen LogP contribution >= 0.6 is 0 Å². The van der Waals surface area contributed by atoms with Crippen LogP contribution in [0.2, 0.25) is 0 Å². The van der Waals surface area contributed by atoms with E-state index in [2.05, 4.69) is 5.32 Å². The number of anilines is 1. The maximum atomic E-state index is 13.4. The van der Waals surface area contributed by atoms with E-state index in [1.54, 1.807) is 6.07 Å². The van der Waals surface area contributed by atoms with Crippen molar-refractivity contribution >= 4 is 5.69 Å². The van der Waals surface area contributed by atoms with E-state index in [4.69, 9.17) is 0 Å². The Morgan fingerprint density at radius 3 is 2.67 bits per heavy atom. The van der Waals surface area contributed by atoms with E-state index in [1.165, 1.54) is 31.7 Å². The second-order valence-corrected chi connectivity index (χ2v) is 4.91. The highest BCUT2D eigenvalue weighted by atomic mass is 19.1. The highest BCUT2D eigenvalue weighted by Gasteiger charge is 2.39. The number of rotatable bonds is 2. The van der Waals surface area contributed by atoms with Gasteiger partial charge in [0.15, 0.2) is 0 Å². The van der Waals surface area contributed by atoms with Gasteiger partial charge < -0.3 is 5.32 Å². The lowest BCUT2D eigenvalue weighted by atomic mass is 9.95. The van der Waals surface area contributed by atoms with Crippen LogP contribution in [-0.4, -0.2) is 6.04 Å². The fourth-order valence-corrected chi connectivity index (χ4v) is 3.20. The van der Waals surface area contributed by atoms with Gasteiger partial charge in [-0.25, -0.2) is 4.39 Å². The molecule has 2 saturated carbocycles. The molecule has 0 saturated heterocycles. The fraction of sp³-hybridized carbons (Fsp3) is 0.538. The second kappa shape index (κ2) is 3.51. The summed E-state index contributed by atoms with van der Waals surface area (Å²) in [5.41, 5.74) is 0.676. The van der Waals surface area contributed by atoms with Crippen LogP contribution in [0, 0.1) is 17.7 Å². The lowest BCUT2D eigenvalue weighted by Gasteiger charge is -2.24. The number of nitrogens with one attached hydrogen (secondary N) is 1. The first-order valence-corrected chi connectivity index (χ1v) is 5.84. The van der Waals surface area contributed by atoms with Crippen LogP contribution in [-0.2, 0) is 0 Å². The van der Waals surface area contributed by atoms with Crippen molar-refractivity contribution in [2.75, 3.05) is 5.32 Å². The van der Waals surface area contributed by atoms with Crippen LogP contribution in [0.5, 0.6) is 0 Å². The van der Waals surface area contributed by atoms with Gasteiger partial charge in [-0.2, -0.15) is 0 Å². The third-order valence-corrected chi connectivity index (χ3v) is 3.95. The molecule has 15 heavy (non-hydrogen) atoms. The zero-order valence-corrected chi connectivity index (χ0v) is 8.75. The molecule has 0 amide bonds. The average Bonchev–Trinajstić information content (AvgIpc) is 2.83. The molecule has 1 aromatic carbocycles. The molecule has 0 spiro atoms. The maximum Gasteiger partial charge on any atom is 0.146 e. The lowest BCUT2D eigenvalue weighted by molar-refractivity contribution is 0.438. The van der Waals surface area contributed by atoms with Crippen molar-refractivity contribution < 1.29 is 4.39 Å². The van der Waals surface area contributed by atoms with Crippen molar-refractivity contribution in [3.63, 3.8) is 0 Å². The molecule has 1 nitrogen and oxygen atoms in total. The SMILES string of the molecule is Fc1ccccc1N[C@@H]1C[C@H]2CC[C@H]1C2. The van der Waals surface area contributed by atoms with Crippen molar-refractivity contribution in [2.45, 2.75) is 31.7 Å². The van der Waals surface area contributed by atoms with Gasteiger partial charge in [-0.05, 0) is 43.2 Å². The summed E-state index contributed by atoms with van der Waals surface area (Å²) in [6.07, 6.45) is 5.31. The van der Waals surface area contributed by atoms with E-state index in [0.29, 0.717) is 11.7 Å². The summed E-state index contributed by atoms with van der Waals surface area (Å²) >= 11 is 0. The number of halogens is 1. The molecule has 0 aromatic heterocycles. The molecule has 0 unspecified atom stereocenters. The maximum absolute atomic E-state index is 13.4. The van der Waals surface area contributed by atoms with Crippen LogP contribution in [0.4, 0.5) is 10.1 Å². The molecule has 3 rings (SSSR count). The van der Waals surface area contributed by atoms with E-state index >= 15 is 0 Å². The van der Waals surface area contributed by atoms with E-state index < -0.39 is 0 Å². The monoisotopic (exact) mass is 205 g/mol. The first-order chi connectivity index (χ1) is 7.33. The fourth-order valence-electron chi connectivity index (χ4n) is 3.20. The molecular formula is C13H16FN. The lowest BCUT2D eigenvalue weighted by Crippen LogP contribution is -2.26. The summed E-state index contributed by atoms with van der Waals surface area (Å²) in [7, 11) is 0. The molecular weight excluding hydrogens is 189 g/mol. The van der Waals surface area contributed by atoms with Crippen molar-refractivity contribution in [1.29, 1.82) is 0 Å². The molecule has 2 heteroatoms. The van der Waals surface area contributed by atoms with Crippen molar-refractivity contribution in [1.82, 2.24) is 0 Å². The van der Waals surface area contributed by atoms with Gasteiger partial charge in [-0.15, -0.1) is 0 Å². The molecule has 80 valence electrons. The zero-order chi connectivity index (χ0) is 10.3. The Balaban J connectivity index is 1.73. The predicted molar refractivity (Wildman–Crippen MR) is 59.3 cm³/mol. The highest BCUT2D eigenvalue weighted by Crippen LogP contribution is 2.45. The van der Waals surface area contributed by atoms with Crippen molar-refractivity contribution in [2.24, 2.45) is 11.8 Å². The average molecular weight is 205 g/mol. The van der Waals surface area contributed by atoms with E-state index in [9.17, 15) is 4.39 Å². The van der Waals surface area contributed by atoms with Gasteiger partial charge in [-0.3, -0.25) is 0 Å². The third-order valence-electron chi connectivity index (χ3n) is 3.95. The van der Waals surface area contributed by atoms with Gasteiger partial charge >= 0.3 is 0 Å². The largest absolute Gasteiger partial charge is 0.380 e. The minimum atomic E-state index is -0.125. The molecule has 1 aromatic rings. The molecule has 2 bridgehead atoms. The summed E-state index contributed by atoms with van der Waals surface area (Å²) in [6, 6.07) is 7.50. The minimum Gasteiger partial charge on any atom is -0.380 e. The Labute approximate surface area is 89.7 Å². The van der Waals surface area contributed by atoms with Crippen molar-refractivity contribution in [3.8, 4) is 0 Å². The van der Waals surface area contributed by atoms with Gasteiger partial charge in [0.1, 0.15) is 5.82 Å². The van der Waals surface area contributed by atoms with E-state index in [0.717, 1.165) is 11.8 Å². The Morgan fingerprint density at radius 1 is 1.13 bits per heavy atom. The highest BCUT2D eigenvalue weighted by molar-refractivity contribution is 5.45. The molecule has 1 N–H and O–H groups in total. The van der Waals surface area contributed by atoms with Crippen molar-refractivity contribution in [3.05, 3.63) is 30.1 Å². The first-order valence-electron chi connectivity index (χ1n) is 5.84. The summed E-state index contributed by atoms with van der Waals surface area (Å²) in [5, 5.41) is 3.37. The molecule has 0 aliphatic heterocycles. The second-order valence-electron chi connectivity index (χ2n) is 4.91. The Morgan fingerprint density at radius 2 is 2.00 bits per heavy atom. The summed E-state index contributed by atoms with van der Waals surface area (Å²) in [4.78, 5) is 0. The van der Waals surface area contributed by atoms with Gasteiger partial charge in [0.25, 0.3) is 0 Å². The quantitative estimate of drug-likeness (QED) is 0.780. The van der Waals surface area contributed by atoms with Gasteiger partial charge in [0.05, 0.1) is 5.69 Å². The Kier molecular flexibility index (Phi) is 2.15. The molecule has 2 aliphatic carbocycles. The van der Waals surface area contributed by atoms with Crippen LogP contribution in [0.3, 0.4) is 0 Å². The molecule has 0 heterocycles. The summed E-state index contributed by atoms with van der Waals surface area (Å²) < 4.78 is 13.4. The normalized spacial score (nSPS) is 33.3. The molecule has 2 fully saturated rings. The van der Waals surface area contributed by atoms with Crippen LogP contribution in [0.15, 0.2) is 24.3 Å². The van der Waals surface area contributed by atoms with E-state index in [-0.39, 0.29) is 5.82 Å². The van der Waals surface area contributed by atoms with Crippen LogP contribution in [0.25, 0.3) is 0 Å². The number of para-hydroxylation sites is 1. The molecule has 3 atom stereocenters. The minimum absolute atomic E-state index is 0.125. The van der Waals surface area contributed by atoms with E-state index in [1.807, 2.05) is 12.1 Å². The summed E-state index contributed by atoms with van der Waals surface area (Å²) in [5.74, 6) is 1.56. The number of hydrogen-bond acceptors (Lipinski definition) is 1. The van der Waals surface area contributed by atoms with Crippen LogP contribution in [0.1, 0.15) is 25.7 Å². The van der Waals surface area contributed by atoms with Gasteiger partial charge in [-0.1, -0.05) is 18.6 Å². The molecule has 0 radical (unpaired) electrons.